The van der Waals surface area contributed by atoms with Gasteiger partial charge in [0.15, 0.2) is 0 Å². The van der Waals surface area contributed by atoms with E-state index in [9.17, 15) is 4.79 Å². The number of fused-ring (bicyclic) bond motifs is 1. The minimum Gasteiger partial charge on any atom is -0.299 e. The molecule has 0 amide bonds. The molecule has 0 saturated heterocycles. The summed E-state index contributed by atoms with van der Waals surface area (Å²) < 4.78 is 0. The molecule has 3 rings (SSSR count). The van der Waals surface area contributed by atoms with Gasteiger partial charge >= 0.3 is 0 Å². The van der Waals surface area contributed by atoms with Crippen LogP contribution < -0.4 is 0 Å². The molecule has 0 radical (unpaired) electrons. The predicted octanol–water partition coefficient (Wildman–Crippen LogP) is 5.75. The molecule has 120 valence electrons. The number of hydrogen-bond donors (Lipinski definition) is 0. The number of carbonyl (C=O) groups excluding carboxylic acids is 1. The number of Topliss-reactive ketones (excluding diaryl/α,β-unsaturated/α-hetero) is 1. The smallest absolute Gasteiger partial charge is 0.135 e. The van der Waals surface area contributed by atoms with E-state index in [0.29, 0.717) is 11.7 Å². The first-order chi connectivity index (χ1) is 10.8. The summed E-state index contributed by atoms with van der Waals surface area (Å²) in [6.07, 6.45) is 10.7. The van der Waals surface area contributed by atoms with Crippen LogP contribution >= 0.6 is 0 Å². The highest BCUT2D eigenvalue weighted by Gasteiger charge is 2.37. The Bertz CT molecular complexity index is 478. The van der Waals surface area contributed by atoms with Gasteiger partial charge in [0.2, 0.25) is 0 Å². The van der Waals surface area contributed by atoms with Crippen LogP contribution in [0.15, 0.2) is 30.3 Å². The van der Waals surface area contributed by atoms with Gasteiger partial charge in [-0.2, -0.15) is 0 Å². The molecule has 0 aliphatic heterocycles. The summed E-state index contributed by atoms with van der Waals surface area (Å²) in [7, 11) is 0. The largest absolute Gasteiger partial charge is 0.299 e. The van der Waals surface area contributed by atoms with Crippen LogP contribution in [0.5, 0.6) is 0 Å². The lowest BCUT2D eigenvalue weighted by molar-refractivity contribution is -0.125. The third-order valence-corrected chi connectivity index (χ3v) is 6.12. The molecule has 1 heteroatoms. The Hall–Kier alpha value is -1.11. The van der Waals surface area contributed by atoms with Gasteiger partial charge in [-0.15, -0.1) is 0 Å². The third kappa shape index (κ3) is 3.62. The van der Waals surface area contributed by atoms with Crippen LogP contribution in [0.4, 0.5) is 0 Å². The number of hydrogen-bond acceptors (Lipinski definition) is 1. The van der Waals surface area contributed by atoms with E-state index in [-0.39, 0.29) is 0 Å². The van der Waals surface area contributed by atoms with Gasteiger partial charge in [-0.25, -0.2) is 0 Å². The van der Waals surface area contributed by atoms with Crippen molar-refractivity contribution >= 4 is 5.78 Å². The summed E-state index contributed by atoms with van der Waals surface area (Å²) in [5.41, 5.74) is 1.53. The number of benzene rings is 1. The molecule has 22 heavy (non-hydrogen) atoms. The average molecular weight is 298 g/mol. The van der Waals surface area contributed by atoms with Crippen molar-refractivity contribution in [2.75, 3.05) is 0 Å². The summed E-state index contributed by atoms with van der Waals surface area (Å²) >= 11 is 0. The van der Waals surface area contributed by atoms with E-state index in [1.165, 1.54) is 37.7 Å². The maximum absolute atomic E-state index is 12.3. The molecule has 0 bridgehead atoms. The van der Waals surface area contributed by atoms with Crippen LogP contribution in [0, 0.1) is 17.8 Å². The topological polar surface area (TPSA) is 17.1 Å². The van der Waals surface area contributed by atoms with Crippen LogP contribution in [-0.2, 0) is 4.79 Å². The van der Waals surface area contributed by atoms with Gasteiger partial charge in [0.1, 0.15) is 5.78 Å². The van der Waals surface area contributed by atoms with E-state index in [4.69, 9.17) is 0 Å². The Kier molecular flexibility index (Phi) is 5.33. The Labute approximate surface area is 135 Å². The molecule has 2 aliphatic carbocycles. The minimum atomic E-state index is 0.390. The highest BCUT2D eigenvalue weighted by atomic mass is 16.1. The molecule has 2 aliphatic rings. The normalized spacial score (nSPS) is 31.5. The molecular weight excluding hydrogens is 268 g/mol. The van der Waals surface area contributed by atoms with E-state index < -0.39 is 0 Å². The quantitative estimate of drug-likeness (QED) is 0.677. The Morgan fingerprint density at radius 1 is 1.00 bits per heavy atom. The van der Waals surface area contributed by atoms with Gasteiger partial charge in [0.25, 0.3) is 0 Å². The van der Waals surface area contributed by atoms with Gasteiger partial charge in [0, 0.05) is 12.3 Å². The summed E-state index contributed by atoms with van der Waals surface area (Å²) in [6.45, 7) is 2.18. The van der Waals surface area contributed by atoms with Gasteiger partial charge in [0.05, 0.1) is 0 Å². The Morgan fingerprint density at radius 3 is 2.50 bits per heavy atom. The van der Waals surface area contributed by atoms with E-state index in [2.05, 4.69) is 37.3 Å². The summed E-state index contributed by atoms with van der Waals surface area (Å²) in [6, 6.07) is 11.0. The monoisotopic (exact) mass is 298 g/mol. The van der Waals surface area contributed by atoms with Crippen molar-refractivity contribution in [3.05, 3.63) is 35.9 Å². The second-order valence-electron chi connectivity index (χ2n) is 7.52. The van der Waals surface area contributed by atoms with Gasteiger partial charge in [-0.3, -0.25) is 4.79 Å². The van der Waals surface area contributed by atoms with Crippen LogP contribution in [-0.4, -0.2) is 5.78 Å². The SMILES string of the molecule is CCCCC(=O)[C@H]1CC[C@@H]2C[C@H](c3ccccc3)CC[C@H]2C1. The fraction of sp³-hybridized carbons (Fsp3) is 0.667. The zero-order valence-corrected chi connectivity index (χ0v) is 14.0. The van der Waals surface area contributed by atoms with Gasteiger partial charge in [-0.05, 0) is 68.3 Å². The molecule has 0 N–H and O–H groups in total. The fourth-order valence-corrected chi connectivity index (χ4v) is 4.76. The molecule has 1 aromatic carbocycles. The number of unbranched alkanes of at least 4 members (excludes halogenated alkanes) is 1. The van der Waals surface area contributed by atoms with Crippen molar-refractivity contribution in [1.29, 1.82) is 0 Å². The highest BCUT2D eigenvalue weighted by Crippen LogP contribution is 2.47. The van der Waals surface area contributed by atoms with E-state index >= 15 is 0 Å². The minimum absolute atomic E-state index is 0.390. The lowest BCUT2D eigenvalue weighted by Crippen LogP contribution is -2.33. The summed E-state index contributed by atoms with van der Waals surface area (Å²) in [5.74, 6) is 3.40. The zero-order valence-electron chi connectivity index (χ0n) is 14.0. The van der Waals surface area contributed by atoms with Crippen LogP contribution in [0.25, 0.3) is 0 Å². The van der Waals surface area contributed by atoms with Crippen molar-refractivity contribution in [3.8, 4) is 0 Å². The summed E-state index contributed by atoms with van der Waals surface area (Å²) in [4.78, 5) is 12.3. The third-order valence-electron chi connectivity index (χ3n) is 6.12. The lowest BCUT2D eigenvalue weighted by Gasteiger charge is -2.42. The second-order valence-corrected chi connectivity index (χ2v) is 7.52. The molecule has 1 nitrogen and oxygen atoms in total. The maximum atomic E-state index is 12.3. The standard InChI is InChI=1S/C21H30O/c1-2-3-9-21(22)20-13-12-18-14-17(10-11-19(18)15-20)16-7-5-4-6-8-16/h4-8,17-20H,2-3,9-15H2,1H3/t17-,18-,19+,20+/m1/s1. The molecule has 1 aromatic rings. The van der Waals surface area contributed by atoms with Crippen molar-refractivity contribution in [3.63, 3.8) is 0 Å². The molecule has 2 saturated carbocycles. The predicted molar refractivity (Wildman–Crippen MR) is 91.9 cm³/mol. The van der Waals surface area contributed by atoms with Crippen molar-refractivity contribution in [1.82, 2.24) is 0 Å². The number of ketones is 1. The van der Waals surface area contributed by atoms with Crippen molar-refractivity contribution in [2.24, 2.45) is 17.8 Å². The first-order valence-corrected chi connectivity index (χ1v) is 9.35. The van der Waals surface area contributed by atoms with Crippen LogP contribution in [0.2, 0.25) is 0 Å². The van der Waals surface area contributed by atoms with E-state index in [0.717, 1.165) is 43.4 Å². The van der Waals surface area contributed by atoms with E-state index in [1.807, 2.05) is 0 Å². The molecule has 4 atom stereocenters. The molecular formula is C21H30O. The fourth-order valence-electron chi connectivity index (χ4n) is 4.76. The molecule has 0 aromatic heterocycles. The van der Waals surface area contributed by atoms with Gasteiger partial charge < -0.3 is 0 Å². The first-order valence-electron chi connectivity index (χ1n) is 9.35. The van der Waals surface area contributed by atoms with Crippen LogP contribution in [0.3, 0.4) is 0 Å². The van der Waals surface area contributed by atoms with Crippen molar-refractivity contribution in [2.45, 2.75) is 70.6 Å². The Morgan fingerprint density at radius 2 is 1.73 bits per heavy atom. The average Bonchev–Trinajstić information content (AvgIpc) is 2.59. The zero-order chi connectivity index (χ0) is 15.4. The van der Waals surface area contributed by atoms with E-state index in [1.54, 1.807) is 0 Å². The molecule has 0 spiro atoms. The second kappa shape index (κ2) is 7.44. The van der Waals surface area contributed by atoms with Gasteiger partial charge in [-0.1, -0.05) is 43.7 Å². The first kappa shape index (κ1) is 15.8. The van der Waals surface area contributed by atoms with Crippen molar-refractivity contribution < 1.29 is 4.79 Å². The summed E-state index contributed by atoms with van der Waals surface area (Å²) in [5, 5.41) is 0. The molecule has 2 fully saturated rings. The Balaban J connectivity index is 1.55. The van der Waals surface area contributed by atoms with Crippen LogP contribution in [0.1, 0.15) is 76.2 Å². The number of rotatable bonds is 5. The lowest BCUT2D eigenvalue weighted by atomic mass is 9.63. The maximum Gasteiger partial charge on any atom is 0.135 e. The molecule has 0 heterocycles. The molecule has 0 unspecified atom stereocenters. The highest BCUT2D eigenvalue weighted by molar-refractivity contribution is 5.81. The number of carbonyl (C=O) groups is 1.